The third-order valence-corrected chi connectivity index (χ3v) is 6.66. The molecule has 170 valence electrons. The fraction of sp³-hybridized carbons (Fsp3) is 0.240. The highest BCUT2D eigenvalue weighted by atomic mass is 35.5. The van der Waals surface area contributed by atoms with Crippen molar-refractivity contribution >= 4 is 51.2 Å². The van der Waals surface area contributed by atoms with Gasteiger partial charge in [-0.05, 0) is 60.7 Å². The second-order valence-corrected chi connectivity index (χ2v) is 8.93. The van der Waals surface area contributed by atoms with Crippen molar-refractivity contribution in [3.8, 4) is 5.75 Å². The number of fused-ring (bicyclic) bond motifs is 2. The Balaban J connectivity index is 1.28. The third kappa shape index (κ3) is 4.34. The van der Waals surface area contributed by atoms with E-state index < -0.39 is 6.10 Å². The highest BCUT2D eigenvalue weighted by Crippen LogP contribution is 2.38. The number of aromatic nitrogens is 2. The number of ether oxygens (including phenoxy) is 1. The first-order valence-electron chi connectivity index (χ1n) is 10.8. The topological polar surface area (TPSA) is 82.2 Å². The Labute approximate surface area is 201 Å². The SMILES string of the molecule is COc1ccc2c(CCNc3c(Cl)cc(Nc4ccnc5c4CCC5O)cc3Cl)c[nH]c2c1. The normalized spacial score (nSPS) is 15.0. The van der Waals surface area contributed by atoms with Crippen LogP contribution in [0.5, 0.6) is 5.75 Å². The molecule has 2 aromatic carbocycles. The molecule has 2 heterocycles. The third-order valence-electron chi connectivity index (χ3n) is 6.06. The van der Waals surface area contributed by atoms with Crippen LogP contribution in [0.15, 0.2) is 48.8 Å². The zero-order valence-electron chi connectivity index (χ0n) is 18.1. The van der Waals surface area contributed by atoms with E-state index in [1.165, 1.54) is 10.9 Å². The Morgan fingerprint density at radius 1 is 1.18 bits per heavy atom. The van der Waals surface area contributed by atoms with Crippen LogP contribution in [-0.2, 0) is 12.8 Å². The summed E-state index contributed by atoms with van der Waals surface area (Å²) in [6.45, 7) is 0.681. The van der Waals surface area contributed by atoms with Gasteiger partial charge in [-0.15, -0.1) is 0 Å². The van der Waals surface area contributed by atoms with E-state index >= 15 is 0 Å². The van der Waals surface area contributed by atoms with Gasteiger partial charge in [0, 0.05) is 47.3 Å². The van der Waals surface area contributed by atoms with E-state index in [2.05, 4.69) is 26.7 Å². The lowest BCUT2D eigenvalue weighted by atomic mass is 10.1. The Hall–Kier alpha value is -2.93. The van der Waals surface area contributed by atoms with Crippen LogP contribution < -0.4 is 15.4 Å². The summed E-state index contributed by atoms with van der Waals surface area (Å²) in [6, 6.07) is 11.6. The molecule has 0 fully saturated rings. The van der Waals surface area contributed by atoms with E-state index in [0.717, 1.165) is 46.7 Å². The minimum atomic E-state index is -0.500. The summed E-state index contributed by atoms with van der Waals surface area (Å²) in [6.07, 6.45) is 5.51. The van der Waals surface area contributed by atoms with Crippen LogP contribution in [0.2, 0.25) is 10.0 Å². The summed E-state index contributed by atoms with van der Waals surface area (Å²) in [5, 5.41) is 19.1. The van der Waals surface area contributed by atoms with Crippen LogP contribution in [-0.4, -0.2) is 28.7 Å². The Morgan fingerprint density at radius 3 is 2.79 bits per heavy atom. The number of hydrogen-bond donors (Lipinski definition) is 4. The molecule has 1 aliphatic carbocycles. The smallest absolute Gasteiger partial charge is 0.120 e. The van der Waals surface area contributed by atoms with Gasteiger partial charge >= 0.3 is 0 Å². The van der Waals surface area contributed by atoms with Crippen LogP contribution in [0.4, 0.5) is 17.1 Å². The van der Waals surface area contributed by atoms with Crippen LogP contribution in [0.25, 0.3) is 10.9 Å². The van der Waals surface area contributed by atoms with Crippen molar-refractivity contribution in [1.82, 2.24) is 9.97 Å². The van der Waals surface area contributed by atoms with Crippen LogP contribution in [0.1, 0.15) is 29.3 Å². The minimum absolute atomic E-state index is 0.500. The molecule has 4 aromatic rings. The van der Waals surface area contributed by atoms with Crippen molar-refractivity contribution in [1.29, 1.82) is 0 Å². The highest BCUT2D eigenvalue weighted by molar-refractivity contribution is 6.39. The van der Waals surface area contributed by atoms with Crippen molar-refractivity contribution in [2.24, 2.45) is 0 Å². The number of nitrogens with zero attached hydrogens (tertiary/aromatic N) is 1. The molecular formula is C25H24Cl2N4O2. The number of nitrogens with one attached hydrogen (secondary N) is 3. The van der Waals surface area contributed by atoms with Gasteiger partial charge in [0.05, 0.1) is 34.6 Å². The van der Waals surface area contributed by atoms with Crippen LogP contribution in [0, 0.1) is 0 Å². The number of aromatic amines is 1. The maximum atomic E-state index is 10.1. The molecule has 33 heavy (non-hydrogen) atoms. The number of aliphatic hydroxyl groups excluding tert-OH is 1. The molecule has 0 spiro atoms. The van der Waals surface area contributed by atoms with Crippen molar-refractivity contribution < 1.29 is 9.84 Å². The predicted molar refractivity (Wildman–Crippen MR) is 134 cm³/mol. The molecule has 5 rings (SSSR count). The molecular weight excluding hydrogens is 459 g/mol. The number of methoxy groups -OCH3 is 1. The lowest BCUT2D eigenvalue weighted by Crippen LogP contribution is -2.06. The van der Waals surface area contributed by atoms with E-state index in [0.29, 0.717) is 28.7 Å². The maximum Gasteiger partial charge on any atom is 0.120 e. The average molecular weight is 483 g/mol. The number of anilines is 3. The Kier molecular flexibility index (Phi) is 6.06. The van der Waals surface area contributed by atoms with Crippen molar-refractivity contribution in [3.63, 3.8) is 0 Å². The summed E-state index contributed by atoms with van der Waals surface area (Å²) < 4.78 is 5.29. The summed E-state index contributed by atoms with van der Waals surface area (Å²) in [7, 11) is 1.66. The van der Waals surface area contributed by atoms with Gasteiger partial charge in [0.2, 0.25) is 0 Å². The van der Waals surface area contributed by atoms with Crippen LogP contribution >= 0.6 is 23.2 Å². The minimum Gasteiger partial charge on any atom is -0.497 e. The van der Waals surface area contributed by atoms with Gasteiger partial charge < -0.3 is 25.5 Å². The van der Waals surface area contributed by atoms with E-state index in [1.54, 1.807) is 13.3 Å². The van der Waals surface area contributed by atoms with Gasteiger partial charge in [-0.1, -0.05) is 23.2 Å². The zero-order valence-corrected chi connectivity index (χ0v) is 19.6. The summed E-state index contributed by atoms with van der Waals surface area (Å²) in [5.41, 5.74) is 6.45. The molecule has 1 unspecified atom stereocenters. The van der Waals surface area contributed by atoms with Gasteiger partial charge in [0.15, 0.2) is 0 Å². The number of hydrogen-bond acceptors (Lipinski definition) is 5. The van der Waals surface area contributed by atoms with Crippen LogP contribution in [0.3, 0.4) is 0 Å². The summed E-state index contributed by atoms with van der Waals surface area (Å²) in [5.74, 6) is 0.828. The molecule has 0 radical (unpaired) electrons. The number of H-pyrrole nitrogens is 1. The summed E-state index contributed by atoms with van der Waals surface area (Å²) in [4.78, 5) is 7.61. The highest BCUT2D eigenvalue weighted by Gasteiger charge is 2.24. The molecule has 2 aromatic heterocycles. The largest absolute Gasteiger partial charge is 0.497 e. The van der Waals surface area contributed by atoms with Crippen molar-refractivity contribution in [2.75, 3.05) is 24.3 Å². The van der Waals surface area contributed by atoms with Gasteiger partial charge in [-0.25, -0.2) is 0 Å². The van der Waals surface area contributed by atoms with Gasteiger partial charge in [-0.3, -0.25) is 4.98 Å². The fourth-order valence-corrected chi connectivity index (χ4v) is 5.01. The van der Waals surface area contributed by atoms with Gasteiger partial charge in [-0.2, -0.15) is 0 Å². The molecule has 4 N–H and O–H groups in total. The molecule has 8 heteroatoms. The first kappa shape index (κ1) is 21.9. The quantitative estimate of drug-likeness (QED) is 0.250. The first-order valence-corrected chi connectivity index (χ1v) is 11.6. The second kappa shape index (κ2) is 9.14. The predicted octanol–water partition coefficient (Wildman–Crippen LogP) is 6.26. The standard InChI is InChI=1S/C25H24Cl2N4O2/c1-33-16-2-3-17-14(13-30-22(17)12-16)6-8-29-25-19(26)10-15(11-20(25)27)31-21-7-9-28-24-18(21)4-5-23(24)32/h2-3,7,9-13,23,29-30,32H,4-6,8H2,1H3,(H,28,31). The molecule has 0 bridgehead atoms. The molecule has 1 aliphatic rings. The van der Waals surface area contributed by atoms with E-state index in [9.17, 15) is 5.11 Å². The molecule has 0 aliphatic heterocycles. The molecule has 6 nitrogen and oxygen atoms in total. The monoisotopic (exact) mass is 482 g/mol. The molecule has 0 amide bonds. The lowest BCUT2D eigenvalue weighted by molar-refractivity contribution is 0.176. The van der Waals surface area contributed by atoms with Gasteiger partial charge in [0.1, 0.15) is 5.75 Å². The number of halogens is 2. The molecule has 0 saturated carbocycles. The van der Waals surface area contributed by atoms with E-state index in [1.807, 2.05) is 36.5 Å². The Bertz CT molecular complexity index is 1300. The number of benzene rings is 2. The first-order chi connectivity index (χ1) is 16.0. The zero-order chi connectivity index (χ0) is 22.9. The van der Waals surface area contributed by atoms with E-state index in [-0.39, 0.29) is 0 Å². The number of pyridine rings is 1. The number of aliphatic hydroxyl groups is 1. The Morgan fingerprint density at radius 2 is 2.00 bits per heavy atom. The lowest BCUT2D eigenvalue weighted by Gasteiger charge is -2.15. The second-order valence-electron chi connectivity index (χ2n) is 8.12. The fourth-order valence-electron chi connectivity index (χ4n) is 4.38. The number of rotatable bonds is 7. The average Bonchev–Trinajstić information content (AvgIpc) is 3.39. The maximum absolute atomic E-state index is 10.1. The van der Waals surface area contributed by atoms with Gasteiger partial charge in [0.25, 0.3) is 0 Å². The summed E-state index contributed by atoms with van der Waals surface area (Å²) >= 11 is 13.1. The van der Waals surface area contributed by atoms with E-state index in [4.69, 9.17) is 27.9 Å². The molecule has 0 saturated heterocycles. The van der Waals surface area contributed by atoms with Crippen molar-refractivity contribution in [3.05, 3.63) is 75.7 Å². The van der Waals surface area contributed by atoms with Crippen molar-refractivity contribution in [2.45, 2.75) is 25.4 Å². The molecule has 1 atom stereocenters.